The highest BCUT2D eigenvalue weighted by atomic mass is 35.5. The molecule has 0 aliphatic carbocycles. The molecule has 0 aliphatic rings. The fourth-order valence-corrected chi connectivity index (χ4v) is 3.99. The number of carbonyl (C=O) groups is 1. The number of ether oxygens (including phenoxy) is 1. The average Bonchev–Trinajstić information content (AvgIpc) is 2.63. The van der Waals surface area contributed by atoms with Gasteiger partial charge >= 0.3 is 0 Å². The van der Waals surface area contributed by atoms with E-state index in [-0.39, 0.29) is 21.4 Å². The van der Waals surface area contributed by atoms with Gasteiger partial charge in [-0.3, -0.25) is 9.52 Å². The summed E-state index contributed by atoms with van der Waals surface area (Å²) in [5.74, 6) is 0.366. The number of hydrogen-bond donors (Lipinski definition) is 1. The lowest BCUT2D eigenvalue weighted by atomic mass is 10.2. The van der Waals surface area contributed by atoms with Gasteiger partial charge in [-0.1, -0.05) is 11.6 Å². The van der Waals surface area contributed by atoms with Gasteiger partial charge in [0.15, 0.2) is 0 Å². The first kappa shape index (κ1) is 20.1. The zero-order valence-corrected chi connectivity index (χ0v) is 16.4. The Morgan fingerprint density at radius 3 is 2.27 bits per heavy atom. The van der Waals surface area contributed by atoms with Crippen LogP contribution in [0.2, 0.25) is 5.02 Å². The van der Waals surface area contributed by atoms with E-state index in [1.54, 1.807) is 29.2 Å². The summed E-state index contributed by atoms with van der Waals surface area (Å²) in [4.78, 5) is 13.9. The topological polar surface area (TPSA) is 75.7 Å². The zero-order chi connectivity index (χ0) is 19.3. The molecule has 1 N–H and O–H groups in total. The Morgan fingerprint density at radius 1 is 1.12 bits per heavy atom. The van der Waals surface area contributed by atoms with Gasteiger partial charge in [-0.05, 0) is 56.3 Å². The minimum absolute atomic E-state index is 0.0436. The minimum Gasteiger partial charge on any atom is -0.497 e. The third-order valence-electron chi connectivity index (χ3n) is 3.86. The Kier molecular flexibility index (Phi) is 6.50. The van der Waals surface area contributed by atoms with Crippen molar-refractivity contribution in [3.8, 4) is 5.75 Å². The van der Waals surface area contributed by atoms with E-state index in [9.17, 15) is 13.2 Å². The van der Waals surface area contributed by atoms with Crippen molar-refractivity contribution < 1.29 is 17.9 Å². The molecule has 2 aromatic carbocycles. The minimum atomic E-state index is -3.95. The van der Waals surface area contributed by atoms with Gasteiger partial charge in [0.1, 0.15) is 10.6 Å². The molecular formula is C18H21ClN2O4S. The molecule has 0 atom stereocenters. The Morgan fingerprint density at radius 2 is 1.73 bits per heavy atom. The van der Waals surface area contributed by atoms with Crippen LogP contribution in [-0.2, 0) is 10.0 Å². The largest absolute Gasteiger partial charge is 0.497 e. The highest BCUT2D eigenvalue weighted by molar-refractivity contribution is 7.92. The number of nitrogens with zero attached hydrogens (tertiary/aromatic N) is 1. The van der Waals surface area contributed by atoms with Gasteiger partial charge in [-0.15, -0.1) is 0 Å². The van der Waals surface area contributed by atoms with Crippen LogP contribution in [0, 0.1) is 0 Å². The predicted molar refractivity (Wildman–Crippen MR) is 103 cm³/mol. The Balaban J connectivity index is 2.35. The maximum Gasteiger partial charge on any atom is 0.263 e. The summed E-state index contributed by atoms with van der Waals surface area (Å²) in [6, 6.07) is 10.7. The highest BCUT2D eigenvalue weighted by Crippen LogP contribution is 2.26. The number of sulfonamides is 1. The van der Waals surface area contributed by atoms with Crippen molar-refractivity contribution in [2.24, 2.45) is 0 Å². The van der Waals surface area contributed by atoms with Crippen molar-refractivity contribution in [1.29, 1.82) is 0 Å². The number of benzene rings is 2. The molecule has 140 valence electrons. The molecule has 8 heteroatoms. The van der Waals surface area contributed by atoms with Crippen molar-refractivity contribution in [1.82, 2.24) is 4.90 Å². The molecule has 0 unspecified atom stereocenters. The first-order valence-corrected chi connectivity index (χ1v) is 9.94. The summed E-state index contributed by atoms with van der Waals surface area (Å²) in [5, 5.41) is 0.0436. The third kappa shape index (κ3) is 4.47. The molecule has 0 fully saturated rings. The van der Waals surface area contributed by atoms with E-state index in [0.717, 1.165) is 0 Å². The second kappa shape index (κ2) is 8.42. The van der Waals surface area contributed by atoms with E-state index in [1.807, 2.05) is 13.8 Å². The van der Waals surface area contributed by atoms with E-state index >= 15 is 0 Å². The second-order valence-electron chi connectivity index (χ2n) is 5.46. The molecule has 0 radical (unpaired) electrons. The second-order valence-corrected chi connectivity index (χ2v) is 7.51. The SMILES string of the molecule is CCN(CC)C(=O)c1ccc(Cl)c(S(=O)(=O)Nc2ccc(OC)cc2)c1. The maximum absolute atomic E-state index is 12.7. The zero-order valence-electron chi connectivity index (χ0n) is 14.8. The maximum atomic E-state index is 12.7. The molecule has 0 saturated carbocycles. The molecule has 26 heavy (non-hydrogen) atoms. The van der Waals surface area contributed by atoms with E-state index in [4.69, 9.17) is 16.3 Å². The lowest BCUT2D eigenvalue weighted by Crippen LogP contribution is -2.30. The quantitative estimate of drug-likeness (QED) is 0.775. The molecule has 0 heterocycles. The first-order valence-electron chi connectivity index (χ1n) is 8.08. The lowest BCUT2D eigenvalue weighted by Gasteiger charge is -2.19. The Bertz CT molecular complexity index is 879. The number of methoxy groups -OCH3 is 1. The average molecular weight is 397 g/mol. The van der Waals surface area contributed by atoms with Gasteiger partial charge in [-0.25, -0.2) is 8.42 Å². The first-order chi connectivity index (χ1) is 12.3. The number of nitrogens with one attached hydrogen (secondary N) is 1. The normalized spacial score (nSPS) is 11.1. The molecule has 1 amide bonds. The number of anilines is 1. The summed E-state index contributed by atoms with van der Waals surface area (Å²) in [6.45, 7) is 4.79. The van der Waals surface area contributed by atoms with Gasteiger partial charge in [0, 0.05) is 24.3 Å². The summed E-state index contributed by atoms with van der Waals surface area (Å²) >= 11 is 6.08. The molecule has 0 aromatic heterocycles. The smallest absolute Gasteiger partial charge is 0.263 e. The van der Waals surface area contributed by atoms with Crippen LogP contribution in [0.15, 0.2) is 47.4 Å². The molecule has 2 rings (SSSR count). The van der Waals surface area contributed by atoms with Crippen LogP contribution in [-0.4, -0.2) is 39.4 Å². The van der Waals surface area contributed by atoms with Crippen LogP contribution in [0.1, 0.15) is 24.2 Å². The van der Waals surface area contributed by atoms with Gasteiger partial charge < -0.3 is 9.64 Å². The van der Waals surface area contributed by atoms with Crippen molar-refractivity contribution in [2.75, 3.05) is 24.9 Å². The molecule has 6 nitrogen and oxygen atoms in total. The summed E-state index contributed by atoms with van der Waals surface area (Å²) in [5.41, 5.74) is 0.635. The van der Waals surface area contributed by atoms with Crippen LogP contribution < -0.4 is 9.46 Å². The highest BCUT2D eigenvalue weighted by Gasteiger charge is 2.22. The number of rotatable bonds is 7. The number of amides is 1. The molecule has 0 spiro atoms. The van der Waals surface area contributed by atoms with E-state index in [2.05, 4.69) is 4.72 Å². The number of carbonyl (C=O) groups excluding carboxylic acids is 1. The van der Waals surface area contributed by atoms with Crippen LogP contribution in [0.5, 0.6) is 5.75 Å². The fourth-order valence-electron chi connectivity index (χ4n) is 2.40. The lowest BCUT2D eigenvalue weighted by molar-refractivity contribution is 0.0772. The monoisotopic (exact) mass is 396 g/mol. The predicted octanol–water partition coefficient (Wildman–Crippen LogP) is 3.63. The molecule has 0 bridgehead atoms. The summed E-state index contributed by atoms with van der Waals surface area (Å²) in [6.07, 6.45) is 0. The summed E-state index contributed by atoms with van der Waals surface area (Å²) in [7, 11) is -2.43. The van der Waals surface area contributed by atoms with Crippen molar-refractivity contribution >= 4 is 33.2 Å². The van der Waals surface area contributed by atoms with Crippen molar-refractivity contribution in [2.45, 2.75) is 18.7 Å². The van der Waals surface area contributed by atoms with E-state index in [0.29, 0.717) is 24.5 Å². The van der Waals surface area contributed by atoms with E-state index in [1.165, 1.54) is 25.3 Å². The molecule has 0 aliphatic heterocycles. The third-order valence-corrected chi connectivity index (χ3v) is 5.72. The van der Waals surface area contributed by atoms with Crippen LogP contribution in [0.25, 0.3) is 0 Å². The molecule has 2 aromatic rings. The molecule has 0 saturated heterocycles. The standard InChI is InChI=1S/C18H21ClN2O4S/c1-4-21(5-2)18(22)13-6-11-16(19)17(12-13)26(23,24)20-14-7-9-15(25-3)10-8-14/h6-12,20H,4-5H2,1-3H3. The summed E-state index contributed by atoms with van der Waals surface area (Å²) < 4.78 is 32.9. The van der Waals surface area contributed by atoms with Crippen LogP contribution >= 0.6 is 11.6 Å². The van der Waals surface area contributed by atoms with Gasteiger partial charge in [0.2, 0.25) is 0 Å². The molecular weight excluding hydrogens is 376 g/mol. The van der Waals surface area contributed by atoms with Crippen LogP contribution in [0.4, 0.5) is 5.69 Å². The Hall–Kier alpha value is -2.25. The van der Waals surface area contributed by atoms with Gasteiger partial charge in [0.05, 0.1) is 12.1 Å². The Labute approximate surface area is 158 Å². The van der Waals surface area contributed by atoms with Gasteiger partial charge in [0.25, 0.3) is 15.9 Å². The van der Waals surface area contributed by atoms with Crippen LogP contribution in [0.3, 0.4) is 0 Å². The van der Waals surface area contributed by atoms with Gasteiger partial charge in [-0.2, -0.15) is 0 Å². The van der Waals surface area contributed by atoms with Crippen molar-refractivity contribution in [3.05, 3.63) is 53.1 Å². The fraction of sp³-hybridized carbons (Fsp3) is 0.278. The number of hydrogen-bond acceptors (Lipinski definition) is 4. The number of halogens is 1. The van der Waals surface area contributed by atoms with E-state index < -0.39 is 10.0 Å². The van der Waals surface area contributed by atoms with Crippen molar-refractivity contribution in [3.63, 3.8) is 0 Å².